The van der Waals surface area contributed by atoms with E-state index in [2.05, 4.69) is 20.4 Å². The lowest BCUT2D eigenvalue weighted by Crippen LogP contribution is -2.30. The number of nitrogens with one attached hydrogen (secondary N) is 2. The second-order valence-corrected chi connectivity index (χ2v) is 6.21. The predicted molar refractivity (Wildman–Crippen MR) is 83.0 cm³/mol. The molecule has 1 unspecified atom stereocenters. The van der Waals surface area contributed by atoms with E-state index in [1.165, 1.54) is 6.07 Å². The number of H-pyrrole nitrogens is 1. The molecule has 3 N–H and O–H groups in total. The zero-order chi connectivity index (χ0) is 15.7. The van der Waals surface area contributed by atoms with Gasteiger partial charge >= 0.3 is 0 Å². The molecule has 0 aromatic carbocycles. The molecule has 1 aliphatic rings. The Morgan fingerprint density at radius 2 is 2.36 bits per heavy atom. The summed E-state index contributed by atoms with van der Waals surface area (Å²) < 4.78 is 1.79. The number of hydrogen-bond donors (Lipinski definition) is 3. The van der Waals surface area contributed by atoms with Gasteiger partial charge in [0, 0.05) is 24.5 Å². The molecular formula is C14H18ClN5O2. The molecule has 0 amide bonds. The summed E-state index contributed by atoms with van der Waals surface area (Å²) >= 11 is 5.85. The Morgan fingerprint density at radius 1 is 1.55 bits per heavy atom. The van der Waals surface area contributed by atoms with Crippen LogP contribution in [0, 0.1) is 12.8 Å². The largest absolute Gasteiger partial charge is 0.391 e. The smallest absolute Gasteiger partial charge is 0.252 e. The zero-order valence-corrected chi connectivity index (χ0v) is 12.9. The Bertz CT molecular complexity index is 713. The first kappa shape index (κ1) is 15.1. The van der Waals surface area contributed by atoms with Gasteiger partial charge in [-0.25, -0.2) is 4.98 Å². The number of rotatable bonds is 4. The van der Waals surface area contributed by atoms with Gasteiger partial charge in [0.25, 0.3) is 5.56 Å². The van der Waals surface area contributed by atoms with Crippen molar-refractivity contribution in [2.24, 2.45) is 5.92 Å². The van der Waals surface area contributed by atoms with Crippen LogP contribution in [-0.2, 0) is 6.54 Å². The van der Waals surface area contributed by atoms with Crippen LogP contribution in [-0.4, -0.2) is 37.0 Å². The molecule has 3 atom stereocenters. The van der Waals surface area contributed by atoms with Gasteiger partial charge < -0.3 is 10.4 Å². The highest BCUT2D eigenvalue weighted by Crippen LogP contribution is 2.29. The quantitative estimate of drug-likeness (QED) is 0.785. The Balaban J connectivity index is 1.64. The van der Waals surface area contributed by atoms with Crippen molar-refractivity contribution in [2.75, 3.05) is 5.32 Å². The predicted octanol–water partition coefficient (Wildman–Crippen LogP) is 1.18. The maximum atomic E-state index is 11.5. The SMILES string of the molecule is Cc1cc(=O)[nH]c(N[C@@H]2CC(Cn3cc(Cl)cn3)C[C@H]2O)n1. The van der Waals surface area contributed by atoms with Crippen LogP contribution in [0.4, 0.5) is 5.95 Å². The highest BCUT2D eigenvalue weighted by atomic mass is 35.5. The third-order valence-corrected chi connectivity index (χ3v) is 4.06. The summed E-state index contributed by atoms with van der Waals surface area (Å²) in [6, 6.07) is 1.29. The second-order valence-electron chi connectivity index (χ2n) is 5.77. The number of aryl methyl sites for hydroxylation is 1. The summed E-state index contributed by atoms with van der Waals surface area (Å²) in [5.41, 5.74) is 0.437. The van der Waals surface area contributed by atoms with Gasteiger partial charge in [0.2, 0.25) is 5.95 Å². The fourth-order valence-electron chi connectivity index (χ4n) is 2.95. The van der Waals surface area contributed by atoms with Crippen LogP contribution in [0.1, 0.15) is 18.5 Å². The lowest BCUT2D eigenvalue weighted by molar-refractivity contribution is 0.165. The maximum Gasteiger partial charge on any atom is 0.252 e. The highest BCUT2D eigenvalue weighted by molar-refractivity contribution is 6.30. The number of aliphatic hydroxyl groups is 1. The van der Waals surface area contributed by atoms with E-state index in [-0.39, 0.29) is 11.6 Å². The number of anilines is 1. The van der Waals surface area contributed by atoms with Crippen LogP contribution >= 0.6 is 11.6 Å². The lowest BCUT2D eigenvalue weighted by Gasteiger charge is -2.16. The molecule has 2 aromatic heterocycles. The van der Waals surface area contributed by atoms with Crippen LogP contribution in [0.25, 0.3) is 0 Å². The first-order valence-electron chi connectivity index (χ1n) is 7.20. The number of aromatic amines is 1. The molecule has 0 radical (unpaired) electrons. The zero-order valence-electron chi connectivity index (χ0n) is 12.2. The molecule has 2 heterocycles. The summed E-state index contributed by atoms with van der Waals surface area (Å²) in [5, 5.41) is 18.1. The molecule has 0 spiro atoms. The average Bonchev–Trinajstić information content (AvgIpc) is 2.96. The fraction of sp³-hybridized carbons (Fsp3) is 0.500. The van der Waals surface area contributed by atoms with E-state index in [0.717, 1.165) is 6.42 Å². The van der Waals surface area contributed by atoms with E-state index in [9.17, 15) is 9.90 Å². The van der Waals surface area contributed by atoms with Gasteiger partial charge in [-0.05, 0) is 25.7 Å². The Kier molecular flexibility index (Phi) is 4.17. The monoisotopic (exact) mass is 323 g/mol. The Labute approximate surface area is 132 Å². The Morgan fingerprint density at radius 3 is 3.05 bits per heavy atom. The molecule has 0 bridgehead atoms. The number of halogens is 1. The Hall–Kier alpha value is -1.86. The van der Waals surface area contributed by atoms with Crippen LogP contribution < -0.4 is 10.9 Å². The minimum Gasteiger partial charge on any atom is -0.391 e. The van der Waals surface area contributed by atoms with E-state index in [4.69, 9.17) is 11.6 Å². The van der Waals surface area contributed by atoms with Gasteiger partial charge in [0.1, 0.15) is 0 Å². The second kappa shape index (κ2) is 6.10. The van der Waals surface area contributed by atoms with E-state index in [1.54, 1.807) is 24.0 Å². The highest BCUT2D eigenvalue weighted by Gasteiger charge is 2.33. The van der Waals surface area contributed by atoms with Gasteiger partial charge in [-0.3, -0.25) is 14.5 Å². The molecule has 7 nitrogen and oxygen atoms in total. The van der Waals surface area contributed by atoms with E-state index < -0.39 is 6.10 Å². The van der Waals surface area contributed by atoms with Crippen molar-refractivity contribution >= 4 is 17.5 Å². The van der Waals surface area contributed by atoms with E-state index in [0.29, 0.717) is 35.5 Å². The number of aliphatic hydroxyl groups excluding tert-OH is 1. The van der Waals surface area contributed by atoms with Crippen LogP contribution in [0.5, 0.6) is 0 Å². The normalized spacial score (nSPS) is 24.6. The summed E-state index contributed by atoms with van der Waals surface area (Å²) in [5.74, 6) is 0.692. The van der Waals surface area contributed by atoms with Crippen molar-refractivity contribution in [2.45, 2.75) is 38.5 Å². The molecule has 3 rings (SSSR count). The molecular weight excluding hydrogens is 306 g/mol. The minimum atomic E-state index is -0.484. The molecule has 22 heavy (non-hydrogen) atoms. The van der Waals surface area contributed by atoms with Crippen molar-refractivity contribution in [1.82, 2.24) is 19.7 Å². The summed E-state index contributed by atoms with van der Waals surface area (Å²) in [7, 11) is 0. The first-order chi connectivity index (χ1) is 10.5. The summed E-state index contributed by atoms with van der Waals surface area (Å²) in [6.45, 7) is 2.47. The molecule has 8 heteroatoms. The molecule has 1 aliphatic carbocycles. The van der Waals surface area contributed by atoms with Gasteiger partial charge in [0.15, 0.2) is 0 Å². The number of hydrogen-bond acceptors (Lipinski definition) is 5. The number of aromatic nitrogens is 4. The van der Waals surface area contributed by atoms with Crippen molar-refractivity contribution in [3.05, 3.63) is 39.5 Å². The summed E-state index contributed by atoms with van der Waals surface area (Å²) in [6.07, 6.45) is 4.33. The van der Waals surface area contributed by atoms with E-state index >= 15 is 0 Å². The number of nitrogens with zero attached hydrogens (tertiary/aromatic N) is 3. The molecule has 2 aromatic rings. The van der Waals surface area contributed by atoms with Crippen molar-refractivity contribution in [3.8, 4) is 0 Å². The van der Waals surface area contributed by atoms with E-state index in [1.807, 2.05) is 0 Å². The van der Waals surface area contributed by atoms with Gasteiger partial charge in [-0.1, -0.05) is 11.6 Å². The minimum absolute atomic E-state index is 0.138. The molecule has 1 saturated carbocycles. The van der Waals surface area contributed by atoms with Gasteiger partial charge in [-0.15, -0.1) is 0 Å². The molecule has 0 saturated heterocycles. The first-order valence-corrected chi connectivity index (χ1v) is 7.58. The average molecular weight is 324 g/mol. The van der Waals surface area contributed by atoms with Crippen LogP contribution in [0.15, 0.2) is 23.3 Å². The molecule has 118 valence electrons. The molecule has 1 fully saturated rings. The molecule has 0 aliphatic heterocycles. The van der Waals surface area contributed by atoms with Crippen molar-refractivity contribution < 1.29 is 5.11 Å². The van der Waals surface area contributed by atoms with Crippen LogP contribution in [0.3, 0.4) is 0 Å². The fourth-order valence-corrected chi connectivity index (χ4v) is 3.10. The van der Waals surface area contributed by atoms with Gasteiger partial charge in [0.05, 0.1) is 23.4 Å². The lowest BCUT2D eigenvalue weighted by atomic mass is 10.1. The standard InChI is InChI=1S/C14H18ClN5O2/c1-8-2-13(22)19-14(17-8)18-11-3-9(4-12(11)21)6-20-7-10(15)5-16-20/h2,5,7,9,11-12,21H,3-4,6H2,1H3,(H2,17,18,19,22)/t9?,11-,12-/m1/s1. The third kappa shape index (κ3) is 3.48. The third-order valence-electron chi connectivity index (χ3n) is 3.87. The van der Waals surface area contributed by atoms with Crippen molar-refractivity contribution in [3.63, 3.8) is 0 Å². The van der Waals surface area contributed by atoms with Crippen molar-refractivity contribution in [1.29, 1.82) is 0 Å². The maximum absolute atomic E-state index is 11.5. The topological polar surface area (TPSA) is 95.8 Å². The van der Waals surface area contributed by atoms with Crippen LogP contribution in [0.2, 0.25) is 5.02 Å². The summed E-state index contributed by atoms with van der Waals surface area (Å²) in [4.78, 5) is 18.3. The van der Waals surface area contributed by atoms with Gasteiger partial charge in [-0.2, -0.15) is 5.10 Å².